The van der Waals surface area contributed by atoms with Gasteiger partial charge in [0.05, 0.1) is 0 Å². The van der Waals surface area contributed by atoms with Gasteiger partial charge in [-0.3, -0.25) is 4.79 Å². The summed E-state index contributed by atoms with van der Waals surface area (Å²) in [6.07, 6.45) is 1.66. The first-order valence-corrected chi connectivity index (χ1v) is 8.53. The second kappa shape index (κ2) is 7.07. The van der Waals surface area contributed by atoms with Crippen molar-refractivity contribution in [2.75, 3.05) is 6.54 Å². The van der Waals surface area contributed by atoms with Crippen molar-refractivity contribution >= 4 is 11.9 Å². The van der Waals surface area contributed by atoms with Crippen LogP contribution in [0.4, 0.5) is 8.78 Å². The molecule has 25 heavy (non-hydrogen) atoms. The number of carbonyl (C=O) groups is 2. The molecule has 0 bridgehead atoms. The van der Waals surface area contributed by atoms with Crippen molar-refractivity contribution in [2.45, 2.75) is 56.1 Å². The van der Waals surface area contributed by atoms with E-state index < -0.39 is 41.1 Å². The Hall–Kier alpha value is -2.02. The van der Waals surface area contributed by atoms with Gasteiger partial charge in [-0.25, -0.2) is 13.6 Å². The van der Waals surface area contributed by atoms with Crippen molar-refractivity contribution in [3.05, 3.63) is 35.4 Å². The van der Waals surface area contributed by atoms with Gasteiger partial charge in [-0.2, -0.15) is 0 Å². The summed E-state index contributed by atoms with van der Waals surface area (Å²) < 4.78 is 33.8. The third-order valence-corrected chi connectivity index (χ3v) is 5.24. The topological polar surface area (TPSA) is 75.6 Å². The largest absolute Gasteiger partial charge is 0.479 e. The summed E-state index contributed by atoms with van der Waals surface area (Å²) in [5.41, 5.74) is -0.737. The van der Waals surface area contributed by atoms with E-state index in [9.17, 15) is 18.4 Å². The van der Waals surface area contributed by atoms with Crippen LogP contribution < -0.4 is 5.32 Å². The molecule has 7 heteroatoms. The van der Waals surface area contributed by atoms with Crippen molar-refractivity contribution in [1.29, 1.82) is 0 Å². The summed E-state index contributed by atoms with van der Waals surface area (Å²) in [6, 6.07) is 3.80. The van der Waals surface area contributed by atoms with Crippen LogP contribution in [0.3, 0.4) is 0 Å². The van der Waals surface area contributed by atoms with Gasteiger partial charge < -0.3 is 15.2 Å². The molecule has 2 fully saturated rings. The average molecular weight is 353 g/mol. The Morgan fingerprint density at radius 1 is 1.16 bits per heavy atom. The molecule has 1 aliphatic carbocycles. The maximum atomic E-state index is 14.3. The van der Waals surface area contributed by atoms with Crippen LogP contribution >= 0.6 is 0 Å². The van der Waals surface area contributed by atoms with E-state index >= 15 is 0 Å². The number of hydrogen-bond donors (Lipinski definition) is 2. The molecule has 0 unspecified atom stereocenters. The van der Waals surface area contributed by atoms with E-state index in [1.807, 2.05) is 0 Å². The number of aliphatic carboxylic acids is 1. The normalized spacial score (nSPS) is 25.0. The van der Waals surface area contributed by atoms with Crippen LogP contribution in [0.1, 0.15) is 44.1 Å². The summed E-state index contributed by atoms with van der Waals surface area (Å²) in [5.74, 6) is -2.71. The lowest BCUT2D eigenvalue weighted by atomic mass is 9.78. The molecule has 136 valence electrons. The van der Waals surface area contributed by atoms with Crippen molar-refractivity contribution in [3.63, 3.8) is 0 Å². The predicted molar refractivity (Wildman–Crippen MR) is 85.0 cm³/mol. The highest BCUT2D eigenvalue weighted by molar-refractivity contribution is 5.82. The first kappa shape index (κ1) is 17.8. The molecule has 1 aliphatic heterocycles. The molecule has 2 atom stereocenters. The molecular weight excluding hydrogens is 332 g/mol. The summed E-state index contributed by atoms with van der Waals surface area (Å²) >= 11 is 0. The van der Waals surface area contributed by atoms with Gasteiger partial charge in [0.15, 0.2) is 6.10 Å². The second-order valence-electron chi connectivity index (χ2n) is 6.83. The number of carboxylic acid groups (broad SMARTS) is 1. The first-order chi connectivity index (χ1) is 11.9. The maximum absolute atomic E-state index is 14.3. The Morgan fingerprint density at radius 2 is 1.76 bits per heavy atom. The number of nitrogens with one attached hydrogen (secondary N) is 1. The number of carbonyl (C=O) groups excluding carboxylic acids is 1. The average Bonchev–Trinajstić information content (AvgIpc) is 3.23. The summed E-state index contributed by atoms with van der Waals surface area (Å²) in [5, 5.41) is 11.7. The minimum absolute atomic E-state index is 0.0311. The van der Waals surface area contributed by atoms with Crippen molar-refractivity contribution in [1.82, 2.24) is 5.32 Å². The Morgan fingerprint density at radius 3 is 2.32 bits per heavy atom. The predicted octanol–water partition coefficient (Wildman–Crippen LogP) is 2.53. The van der Waals surface area contributed by atoms with Crippen molar-refractivity contribution in [2.24, 2.45) is 0 Å². The second-order valence-corrected chi connectivity index (χ2v) is 6.83. The highest BCUT2D eigenvalue weighted by Crippen LogP contribution is 2.42. The molecule has 0 aromatic heterocycles. The van der Waals surface area contributed by atoms with Crippen LogP contribution in [0.2, 0.25) is 0 Å². The monoisotopic (exact) mass is 353 g/mol. The number of benzene rings is 1. The Bertz CT molecular complexity index is 653. The smallest absolute Gasteiger partial charge is 0.332 e. The standard InChI is InChI=1S/C18H21F2NO4/c19-11-4-3-5-12(20)15(11)18(8-1-2-9-18)10-21-16(22)13-6-7-14(25-13)17(23)24/h3-5,13-14H,1-2,6-10H2,(H,21,22)(H,23,24)/t13-,14+/m0/s1. The lowest BCUT2D eigenvalue weighted by Gasteiger charge is -2.31. The molecular formula is C18H21F2NO4. The van der Waals surface area contributed by atoms with Gasteiger partial charge in [-0.15, -0.1) is 0 Å². The lowest BCUT2D eigenvalue weighted by molar-refractivity contribution is -0.151. The molecule has 1 heterocycles. The van der Waals surface area contributed by atoms with Crippen molar-refractivity contribution in [3.8, 4) is 0 Å². The third kappa shape index (κ3) is 3.51. The van der Waals surface area contributed by atoms with E-state index in [-0.39, 0.29) is 18.5 Å². The van der Waals surface area contributed by atoms with Crippen molar-refractivity contribution < 1.29 is 28.2 Å². The number of carboxylic acids is 1. The summed E-state index contributed by atoms with van der Waals surface area (Å²) in [6.45, 7) is 0.112. The molecule has 1 amide bonds. The highest BCUT2D eigenvalue weighted by atomic mass is 19.1. The Labute approximate surface area is 144 Å². The zero-order valence-electron chi connectivity index (χ0n) is 13.8. The summed E-state index contributed by atoms with van der Waals surface area (Å²) in [4.78, 5) is 23.2. The Kier molecular flexibility index (Phi) is 5.03. The maximum Gasteiger partial charge on any atom is 0.332 e. The van der Waals surface area contributed by atoms with Crippen LogP contribution in [0, 0.1) is 11.6 Å². The van der Waals surface area contributed by atoms with Gasteiger partial charge >= 0.3 is 5.97 Å². The minimum atomic E-state index is -1.09. The van der Waals surface area contributed by atoms with Crippen LogP contribution in [0.15, 0.2) is 18.2 Å². The molecule has 1 aromatic carbocycles. The lowest BCUT2D eigenvalue weighted by Crippen LogP contribution is -2.44. The van der Waals surface area contributed by atoms with E-state index in [0.717, 1.165) is 12.8 Å². The highest BCUT2D eigenvalue weighted by Gasteiger charge is 2.41. The zero-order chi connectivity index (χ0) is 18.0. The van der Waals surface area contributed by atoms with Gasteiger partial charge in [0.25, 0.3) is 0 Å². The van der Waals surface area contributed by atoms with E-state index in [2.05, 4.69) is 5.32 Å². The molecule has 1 saturated heterocycles. The number of ether oxygens (including phenoxy) is 1. The number of halogens is 2. The molecule has 3 rings (SSSR count). The van der Waals surface area contributed by atoms with E-state index in [0.29, 0.717) is 19.3 Å². The SMILES string of the molecule is O=C(NCC1(c2c(F)cccc2F)CCCC1)[C@@H]1CC[C@H](C(=O)O)O1. The van der Waals surface area contributed by atoms with Gasteiger partial charge in [0.1, 0.15) is 17.7 Å². The minimum Gasteiger partial charge on any atom is -0.479 e. The van der Waals surface area contributed by atoms with E-state index in [1.165, 1.54) is 18.2 Å². The molecule has 2 aliphatic rings. The fourth-order valence-corrected chi connectivity index (χ4v) is 3.95. The molecule has 1 saturated carbocycles. The molecule has 1 aromatic rings. The summed E-state index contributed by atoms with van der Waals surface area (Å²) in [7, 11) is 0. The van der Waals surface area contributed by atoms with Gasteiger partial charge in [0.2, 0.25) is 5.91 Å². The van der Waals surface area contributed by atoms with E-state index in [1.54, 1.807) is 0 Å². The van der Waals surface area contributed by atoms with Crippen LogP contribution in [-0.4, -0.2) is 35.7 Å². The molecule has 2 N–H and O–H groups in total. The number of rotatable bonds is 5. The van der Waals surface area contributed by atoms with Gasteiger partial charge in [-0.1, -0.05) is 18.9 Å². The Balaban J connectivity index is 1.71. The first-order valence-electron chi connectivity index (χ1n) is 8.53. The van der Waals surface area contributed by atoms with Crippen LogP contribution in [0.25, 0.3) is 0 Å². The fraction of sp³-hybridized carbons (Fsp3) is 0.556. The number of amides is 1. The van der Waals surface area contributed by atoms with Gasteiger partial charge in [-0.05, 0) is 37.8 Å². The molecule has 5 nitrogen and oxygen atoms in total. The van der Waals surface area contributed by atoms with Crippen LogP contribution in [-0.2, 0) is 19.7 Å². The fourth-order valence-electron chi connectivity index (χ4n) is 3.95. The van der Waals surface area contributed by atoms with Gasteiger partial charge in [0, 0.05) is 17.5 Å². The molecule has 0 spiro atoms. The zero-order valence-corrected chi connectivity index (χ0v) is 13.8. The van der Waals surface area contributed by atoms with E-state index in [4.69, 9.17) is 9.84 Å². The quantitative estimate of drug-likeness (QED) is 0.853. The third-order valence-electron chi connectivity index (χ3n) is 5.24. The molecule has 0 radical (unpaired) electrons. The van der Waals surface area contributed by atoms with Crippen LogP contribution in [0.5, 0.6) is 0 Å². The number of hydrogen-bond acceptors (Lipinski definition) is 3.